The molecular weight excluding hydrogens is 442 g/mol. The van der Waals surface area contributed by atoms with Gasteiger partial charge < -0.3 is 4.74 Å². The lowest BCUT2D eigenvalue weighted by Gasteiger charge is -2.30. The van der Waals surface area contributed by atoms with Crippen molar-refractivity contribution in [3.05, 3.63) is 81.9 Å². The standard InChI is InChI=1S/C24H21N3O7/c1-34-18-6-4-5-16(13-18)21(28)14-25(22(29)15-9-11-17(12-10-15)27(32)33)26-23(30)19-7-2-3-8-20(19)24(26)31/h2-6,9-13,19-20H,7-8,14H2,1H3/t19-,20+. The van der Waals surface area contributed by atoms with Crippen LogP contribution in [0.1, 0.15) is 33.6 Å². The second-order valence-corrected chi connectivity index (χ2v) is 7.97. The van der Waals surface area contributed by atoms with Gasteiger partial charge in [0.05, 0.1) is 23.9 Å². The van der Waals surface area contributed by atoms with Crippen LogP contribution in [0.25, 0.3) is 0 Å². The Morgan fingerprint density at radius 2 is 1.65 bits per heavy atom. The van der Waals surface area contributed by atoms with Crippen LogP contribution in [-0.2, 0) is 9.59 Å². The Bertz CT molecular complexity index is 1180. The highest BCUT2D eigenvalue weighted by molar-refractivity contribution is 6.09. The van der Waals surface area contributed by atoms with Crippen molar-refractivity contribution in [1.29, 1.82) is 0 Å². The van der Waals surface area contributed by atoms with E-state index in [4.69, 9.17) is 4.74 Å². The fraction of sp³-hybridized carbons (Fsp3) is 0.250. The molecule has 1 aliphatic heterocycles. The number of rotatable bonds is 7. The van der Waals surface area contributed by atoms with Crippen molar-refractivity contribution in [3.8, 4) is 5.75 Å². The van der Waals surface area contributed by atoms with Crippen molar-refractivity contribution in [2.45, 2.75) is 12.8 Å². The summed E-state index contributed by atoms with van der Waals surface area (Å²) in [6.45, 7) is -0.576. The number of allylic oxidation sites excluding steroid dienone is 2. The number of hydrazine groups is 1. The van der Waals surface area contributed by atoms with Gasteiger partial charge in [-0.15, -0.1) is 0 Å². The SMILES string of the molecule is COc1cccc(C(=O)CN(C(=O)c2ccc([N+](=O)[O-])cc2)N2C(=O)[C@H]3CC=CC[C@H]3C2=O)c1. The summed E-state index contributed by atoms with van der Waals surface area (Å²) in [6.07, 6.45) is 4.38. The molecule has 1 saturated heterocycles. The summed E-state index contributed by atoms with van der Waals surface area (Å²) >= 11 is 0. The number of imide groups is 1. The van der Waals surface area contributed by atoms with Crippen LogP contribution in [0.3, 0.4) is 0 Å². The fourth-order valence-corrected chi connectivity index (χ4v) is 4.15. The predicted octanol–water partition coefficient (Wildman–Crippen LogP) is 2.79. The minimum absolute atomic E-state index is 0.00219. The quantitative estimate of drug-likeness (QED) is 0.203. The monoisotopic (exact) mass is 463 g/mol. The first-order valence-electron chi connectivity index (χ1n) is 10.6. The van der Waals surface area contributed by atoms with Crippen molar-refractivity contribution < 1.29 is 28.8 Å². The van der Waals surface area contributed by atoms with Crippen molar-refractivity contribution in [2.24, 2.45) is 11.8 Å². The van der Waals surface area contributed by atoms with Gasteiger partial charge in [-0.05, 0) is 37.1 Å². The summed E-state index contributed by atoms with van der Waals surface area (Å²) in [5.41, 5.74) is 0.0117. The number of methoxy groups -OCH3 is 1. The van der Waals surface area contributed by atoms with Gasteiger partial charge in [-0.1, -0.05) is 24.3 Å². The van der Waals surface area contributed by atoms with E-state index in [1.807, 2.05) is 12.2 Å². The van der Waals surface area contributed by atoms with E-state index in [0.717, 1.165) is 22.2 Å². The van der Waals surface area contributed by atoms with E-state index in [1.165, 1.54) is 31.4 Å². The average molecular weight is 463 g/mol. The van der Waals surface area contributed by atoms with Crippen LogP contribution in [0.2, 0.25) is 0 Å². The molecule has 0 N–H and O–H groups in total. The zero-order valence-electron chi connectivity index (χ0n) is 18.2. The van der Waals surface area contributed by atoms with Crippen LogP contribution < -0.4 is 4.74 Å². The number of carbonyl (C=O) groups excluding carboxylic acids is 4. The molecule has 1 aliphatic carbocycles. The lowest BCUT2D eigenvalue weighted by Crippen LogP contribution is -2.52. The zero-order chi connectivity index (χ0) is 24.4. The first-order chi connectivity index (χ1) is 16.3. The summed E-state index contributed by atoms with van der Waals surface area (Å²) in [4.78, 5) is 63.1. The summed E-state index contributed by atoms with van der Waals surface area (Å²) in [6, 6.07) is 11.0. The molecule has 10 nitrogen and oxygen atoms in total. The van der Waals surface area contributed by atoms with Gasteiger partial charge in [-0.25, -0.2) is 5.01 Å². The maximum absolute atomic E-state index is 13.4. The molecule has 1 heterocycles. The van der Waals surface area contributed by atoms with Crippen molar-refractivity contribution >= 4 is 29.2 Å². The van der Waals surface area contributed by atoms with Crippen LogP contribution in [0.4, 0.5) is 5.69 Å². The second-order valence-electron chi connectivity index (χ2n) is 7.97. The number of ketones is 1. The lowest BCUT2D eigenvalue weighted by molar-refractivity contribution is -0.384. The maximum atomic E-state index is 13.4. The minimum atomic E-state index is -0.792. The Labute approximate surface area is 194 Å². The van der Waals surface area contributed by atoms with Gasteiger partial charge in [0.25, 0.3) is 23.4 Å². The van der Waals surface area contributed by atoms with Crippen molar-refractivity contribution in [1.82, 2.24) is 10.0 Å². The number of nitro groups is 1. The summed E-state index contributed by atoms with van der Waals surface area (Å²) in [5.74, 6) is -3.17. The van der Waals surface area contributed by atoms with E-state index in [1.54, 1.807) is 12.1 Å². The van der Waals surface area contributed by atoms with Crippen LogP contribution >= 0.6 is 0 Å². The van der Waals surface area contributed by atoms with E-state index in [9.17, 15) is 29.3 Å². The highest BCUT2D eigenvalue weighted by Gasteiger charge is 2.51. The molecule has 34 heavy (non-hydrogen) atoms. The van der Waals surface area contributed by atoms with Crippen LogP contribution in [0, 0.1) is 22.0 Å². The fourth-order valence-electron chi connectivity index (χ4n) is 4.15. The minimum Gasteiger partial charge on any atom is -0.497 e. The van der Waals surface area contributed by atoms with E-state index >= 15 is 0 Å². The molecule has 1 fully saturated rings. The van der Waals surface area contributed by atoms with E-state index in [2.05, 4.69) is 0 Å². The smallest absolute Gasteiger partial charge is 0.273 e. The second kappa shape index (κ2) is 9.26. The van der Waals surface area contributed by atoms with Gasteiger partial charge in [-0.2, -0.15) is 5.01 Å². The Kier molecular flexibility index (Phi) is 6.22. The normalized spacial score (nSPS) is 19.0. The van der Waals surface area contributed by atoms with Crippen molar-refractivity contribution in [3.63, 3.8) is 0 Å². The molecule has 0 unspecified atom stereocenters. The number of ether oxygens (including phenoxy) is 1. The molecule has 0 spiro atoms. The molecule has 2 aliphatic rings. The molecule has 3 amide bonds. The number of nitro benzene ring substituents is 1. The summed E-state index contributed by atoms with van der Waals surface area (Å²) in [5, 5.41) is 12.6. The summed E-state index contributed by atoms with van der Waals surface area (Å²) < 4.78 is 5.14. The topological polar surface area (TPSA) is 127 Å². The first kappa shape index (κ1) is 22.8. The van der Waals surface area contributed by atoms with Crippen LogP contribution in [0.15, 0.2) is 60.7 Å². The third kappa shape index (κ3) is 4.17. The molecule has 2 aromatic rings. The van der Waals surface area contributed by atoms with Gasteiger partial charge in [0.15, 0.2) is 5.78 Å². The third-order valence-corrected chi connectivity index (χ3v) is 5.97. The third-order valence-electron chi connectivity index (χ3n) is 5.97. The van der Waals surface area contributed by atoms with Crippen LogP contribution in [-0.4, -0.2) is 52.1 Å². The Hall–Kier alpha value is -4.34. The van der Waals surface area contributed by atoms with Gasteiger partial charge >= 0.3 is 0 Å². The number of non-ortho nitro benzene ring substituents is 1. The molecule has 0 saturated carbocycles. The zero-order valence-corrected chi connectivity index (χ0v) is 18.2. The lowest BCUT2D eigenvalue weighted by atomic mass is 9.85. The van der Waals surface area contributed by atoms with E-state index in [0.29, 0.717) is 18.6 Å². The molecule has 4 rings (SSSR count). The molecule has 0 radical (unpaired) electrons. The number of fused-ring (bicyclic) bond motifs is 1. The van der Waals surface area contributed by atoms with Gasteiger partial charge in [-0.3, -0.25) is 29.3 Å². The summed E-state index contributed by atoms with van der Waals surface area (Å²) in [7, 11) is 1.45. The molecule has 0 bridgehead atoms. The number of hydrogen-bond donors (Lipinski definition) is 0. The molecule has 2 aromatic carbocycles. The van der Waals surface area contributed by atoms with Crippen LogP contribution in [0.5, 0.6) is 5.75 Å². The van der Waals surface area contributed by atoms with Crippen molar-refractivity contribution in [2.75, 3.05) is 13.7 Å². The number of nitrogens with zero attached hydrogens (tertiary/aromatic N) is 3. The van der Waals surface area contributed by atoms with Gasteiger partial charge in [0.2, 0.25) is 0 Å². The Balaban J connectivity index is 1.69. The Morgan fingerprint density at radius 3 is 2.21 bits per heavy atom. The highest BCUT2D eigenvalue weighted by Crippen LogP contribution is 2.36. The number of benzene rings is 2. The Morgan fingerprint density at radius 1 is 1.03 bits per heavy atom. The number of carbonyl (C=O) groups is 4. The maximum Gasteiger partial charge on any atom is 0.273 e. The number of amides is 3. The highest BCUT2D eigenvalue weighted by atomic mass is 16.6. The predicted molar refractivity (Wildman–Crippen MR) is 119 cm³/mol. The number of Topliss-reactive ketones (excluding diaryl/α,β-unsaturated/α-hetero) is 1. The molecule has 10 heteroatoms. The van der Waals surface area contributed by atoms with Gasteiger partial charge in [0, 0.05) is 23.3 Å². The molecule has 0 aromatic heterocycles. The molecule has 2 atom stereocenters. The molecule has 174 valence electrons. The van der Waals surface area contributed by atoms with Gasteiger partial charge in [0.1, 0.15) is 12.3 Å². The molecular formula is C24H21N3O7. The average Bonchev–Trinajstić information content (AvgIpc) is 3.12. The van der Waals surface area contributed by atoms with E-state index in [-0.39, 0.29) is 16.8 Å². The van der Waals surface area contributed by atoms with E-state index < -0.39 is 46.8 Å². The first-order valence-corrected chi connectivity index (χ1v) is 10.6. The largest absolute Gasteiger partial charge is 0.497 e. The number of hydrogen-bond acceptors (Lipinski definition) is 7.